The Morgan fingerprint density at radius 1 is 1.24 bits per heavy atom. The summed E-state index contributed by atoms with van der Waals surface area (Å²) >= 11 is 0. The lowest BCUT2D eigenvalue weighted by atomic mass is 10.1. The van der Waals surface area contributed by atoms with E-state index in [1.54, 1.807) is 0 Å². The van der Waals surface area contributed by atoms with Crippen molar-refractivity contribution >= 4 is 5.91 Å². The highest BCUT2D eigenvalue weighted by atomic mass is 16.5. The SMILES string of the molecule is CC(C)Oc1ccc(C(C)NC(=O)CCNC2CC2)cc1. The lowest BCUT2D eigenvalue weighted by Crippen LogP contribution is -2.30. The van der Waals surface area contributed by atoms with Crippen LogP contribution < -0.4 is 15.4 Å². The second kappa shape index (κ2) is 7.46. The van der Waals surface area contributed by atoms with Gasteiger partial charge in [0.2, 0.25) is 5.91 Å². The first-order valence-electron chi connectivity index (χ1n) is 7.84. The molecule has 0 radical (unpaired) electrons. The van der Waals surface area contributed by atoms with Gasteiger partial charge >= 0.3 is 0 Å². The molecule has 4 nitrogen and oxygen atoms in total. The molecule has 1 saturated carbocycles. The zero-order valence-corrected chi connectivity index (χ0v) is 13.2. The number of carbonyl (C=O) groups excluding carboxylic acids is 1. The molecule has 1 aromatic rings. The van der Waals surface area contributed by atoms with Gasteiger partial charge in [-0.05, 0) is 51.3 Å². The normalized spacial score (nSPS) is 15.8. The quantitative estimate of drug-likeness (QED) is 0.774. The number of hydrogen-bond acceptors (Lipinski definition) is 3. The summed E-state index contributed by atoms with van der Waals surface area (Å²) in [6.45, 7) is 6.79. The topological polar surface area (TPSA) is 50.4 Å². The van der Waals surface area contributed by atoms with E-state index in [-0.39, 0.29) is 18.1 Å². The molecule has 0 aliphatic heterocycles. The average Bonchev–Trinajstić information content (AvgIpc) is 3.23. The van der Waals surface area contributed by atoms with Crippen LogP contribution in [0.25, 0.3) is 0 Å². The van der Waals surface area contributed by atoms with Gasteiger partial charge in [0.15, 0.2) is 0 Å². The molecular formula is C17H26N2O2. The summed E-state index contributed by atoms with van der Waals surface area (Å²) in [5, 5.41) is 6.38. The number of rotatable bonds is 8. The van der Waals surface area contributed by atoms with Crippen molar-refractivity contribution in [3.63, 3.8) is 0 Å². The van der Waals surface area contributed by atoms with Gasteiger partial charge in [-0.1, -0.05) is 12.1 Å². The molecule has 0 saturated heterocycles. The summed E-state index contributed by atoms with van der Waals surface area (Å²) in [6, 6.07) is 8.59. The third-order valence-electron chi connectivity index (χ3n) is 3.49. The largest absolute Gasteiger partial charge is 0.491 e. The molecule has 2 rings (SSSR count). The summed E-state index contributed by atoms with van der Waals surface area (Å²) in [4.78, 5) is 11.9. The third kappa shape index (κ3) is 5.76. The van der Waals surface area contributed by atoms with Crippen LogP contribution in [-0.4, -0.2) is 24.6 Å². The third-order valence-corrected chi connectivity index (χ3v) is 3.49. The van der Waals surface area contributed by atoms with Gasteiger partial charge < -0.3 is 15.4 Å². The van der Waals surface area contributed by atoms with Crippen LogP contribution in [0.3, 0.4) is 0 Å². The number of benzene rings is 1. The molecule has 1 atom stereocenters. The van der Waals surface area contributed by atoms with Crippen LogP contribution in [0.4, 0.5) is 0 Å². The Morgan fingerprint density at radius 3 is 2.48 bits per heavy atom. The number of ether oxygens (including phenoxy) is 1. The van der Waals surface area contributed by atoms with Crippen molar-refractivity contribution < 1.29 is 9.53 Å². The summed E-state index contributed by atoms with van der Waals surface area (Å²) in [7, 11) is 0. The zero-order chi connectivity index (χ0) is 15.2. The molecule has 0 spiro atoms. The lowest BCUT2D eigenvalue weighted by molar-refractivity contribution is -0.121. The van der Waals surface area contributed by atoms with Crippen molar-refractivity contribution in [2.24, 2.45) is 0 Å². The van der Waals surface area contributed by atoms with Crippen LogP contribution in [0.5, 0.6) is 5.75 Å². The molecule has 1 aromatic carbocycles. The Balaban J connectivity index is 1.75. The van der Waals surface area contributed by atoms with Gasteiger partial charge in [0.1, 0.15) is 5.75 Å². The van der Waals surface area contributed by atoms with Crippen molar-refractivity contribution in [2.75, 3.05) is 6.54 Å². The van der Waals surface area contributed by atoms with Crippen LogP contribution in [0, 0.1) is 0 Å². The van der Waals surface area contributed by atoms with Crippen LogP contribution in [0.2, 0.25) is 0 Å². The van der Waals surface area contributed by atoms with Gasteiger partial charge in [-0.25, -0.2) is 0 Å². The fraction of sp³-hybridized carbons (Fsp3) is 0.588. The van der Waals surface area contributed by atoms with Crippen molar-refractivity contribution in [1.82, 2.24) is 10.6 Å². The molecule has 4 heteroatoms. The van der Waals surface area contributed by atoms with E-state index in [9.17, 15) is 4.79 Å². The van der Waals surface area contributed by atoms with E-state index in [2.05, 4.69) is 10.6 Å². The van der Waals surface area contributed by atoms with Crippen LogP contribution >= 0.6 is 0 Å². The molecule has 1 fully saturated rings. The Labute approximate surface area is 127 Å². The van der Waals surface area contributed by atoms with Gasteiger partial charge in [0.05, 0.1) is 12.1 Å². The maximum atomic E-state index is 11.9. The first kappa shape index (κ1) is 15.8. The monoisotopic (exact) mass is 290 g/mol. The number of nitrogens with one attached hydrogen (secondary N) is 2. The molecular weight excluding hydrogens is 264 g/mol. The van der Waals surface area contributed by atoms with Crippen LogP contribution in [0.15, 0.2) is 24.3 Å². The van der Waals surface area contributed by atoms with E-state index in [4.69, 9.17) is 4.74 Å². The van der Waals surface area contributed by atoms with Gasteiger partial charge in [-0.15, -0.1) is 0 Å². The number of carbonyl (C=O) groups is 1. The first-order chi connectivity index (χ1) is 10.0. The van der Waals surface area contributed by atoms with E-state index < -0.39 is 0 Å². The van der Waals surface area contributed by atoms with Gasteiger partial charge in [-0.3, -0.25) is 4.79 Å². The fourth-order valence-corrected chi connectivity index (χ4v) is 2.18. The Bertz CT molecular complexity index is 452. The molecule has 21 heavy (non-hydrogen) atoms. The highest BCUT2D eigenvalue weighted by Crippen LogP contribution is 2.19. The average molecular weight is 290 g/mol. The predicted octanol–water partition coefficient (Wildman–Crippen LogP) is 2.79. The highest BCUT2D eigenvalue weighted by molar-refractivity contribution is 5.76. The van der Waals surface area contributed by atoms with Gasteiger partial charge in [0, 0.05) is 19.0 Å². The second-order valence-corrected chi connectivity index (χ2v) is 6.00. The van der Waals surface area contributed by atoms with Crippen molar-refractivity contribution in [2.45, 2.75) is 58.2 Å². The summed E-state index contributed by atoms with van der Waals surface area (Å²) in [5.41, 5.74) is 1.09. The maximum Gasteiger partial charge on any atom is 0.221 e. The van der Waals surface area contributed by atoms with E-state index in [1.807, 2.05) is 45.0 Å². The predicted molar refractivity (Wildman–Crippen MR) is 84.4 cm³/mol. The first-order valence-corrected chi connectivity index (χ1v) is 7.84. The minimum absolute atomic E-state index is 0.0199. The lowest BCUT2D eigenvalue weighted by Gasteiger charge is -2.16. The van der Waals surface area contributed by atoms with E-state index >= 15 is 0 Å². The van der Waals surface area contributed by atoms with Crippen LogP contribution in [0.1, 0.15) is 51.6 Å². The molecule has 0 bridgehead atoms. The van der Waals surface area contributed by atoms with Crippen LogP contribution in [-0.2, 0) is 4.79 Å². The molecule has 2 N–H and O–H groups in total. The Morgan fingerprint density at radius 2 is 1.90 bits per heavy atom. The molecule has 1 aliphatic rings. The van der Waals surface area contributed by atoms with E-state index in [0.29, 0.717) is 12.5 Å². The number of hydrogen-bond donors (Lipinski definition) is 2. The van der Waals surface area contributed by atoms with E-state index in [1.165, 1.54) is 12.8 Å². The second-order valence-electron chi connectivity index (χ2n) is 6.00. The molecule has 0 heterocycles. The smallest absolute Gasteiger partial charge is 0.221 e. The fourth-order valence-electron chi connectivity index (χ4n) is 2.18. The highest BCUT2D eigenvalue weighted by Gasteiger charge is 2.20. The standard InChI is InChI=1S/C17H26N2O2/c1-12(2)21-16-8-4-14(5-9-16)13(3)19-17(20)10-11-18-15-6-7-15/h4-5,8-9,12-13,15,18H,6-7,10-11H2,1-3H3,(H,19,20). The summed E-state index contributed by atoms with van der Waals surface area (Å²) in [5.74, 6) is 0.957. The molecule has 1 amide bonds. The number of amides is 1. The summed E-state index contributed by atoms with van der Waals surface area (Å²) < 4.78 is 5.62. The van der Waals surface area contributed by atoms with Crippen molar-refractivity contribution in [3.8, 4) is 5.75 Å². The Kier molecular flexibility index (Phi) is 5.62. The van der Waals surface area contributed by atoms with Crippen molar-refractivity contribution in [1.29, 1.82) is 0 Å². The van der Waals surface area contributed by atoms with Gasteiger partial charge in [-0.2, -0.15) is 0 Å². The maximum absolute atomic E-state index is 11.9. The molecule has 1 unspecified atom stereocenters. The zero-order valence-electron chi connectivity index (χ0n) is 13.2. The summed E-state index contributed by atoms with van der Waals surface area (Å²) in [6.07, 6.45) is 3.22. The van der Waals surface area contributed by atoms with E-state index in [0.717, 1.165) is 17.9 Å². The minimum Gasteiger partial charge on any atom is -0.491 e. The Hall–Kier alpha value is -1.55. The van der Waals surface area contributed by atoms with Gasteiger partial charge in [0.25, 0.3) is 0 Å². The molecule has 0 aromatic heterocycles. The minimum atomic E-state index is 0.0199. The molecule has 116 valence electrons. The van der Waals surface area contributed by atoms with Crippen molar-refractivity contribution in [3.05, 3.63) is 29.8 Å². The molecule has 1 aliphatic carbocycles.